The van der Waals surface area contributed by atoms with Crippen LogP contribution in [0.25, 0.3) is 0 Å². The molecule has 0 spiro atoms. The van der Waals surface area contributed by atoms with E-state index in [0.29, 0.717) is 22.8 Å². The number of ether oxygens (including phenoxy) is 1. The molecule has 0 aliphatic rings. The number of hydrogen-bond acceptors (Lipinski definition) is 5. The van der Waals surface area contributed by atoms with Gasteiger partial charge in [0.1, 0.15) is 12.4 Å². The Kier molecular flexibility index (Phi) is 6.36. The van der Waals surface area contributed by atoms with Gasteiger partial charge in [-0.25, -0.2) is 5.43 Å². The fraction of sp³-hybridized carbons (Fsp3) is 0.0500. The van der Waals surface area contributed by atoms with Crippen LogP contribution in [0.2, 0.25) is 0 Å². The molecule has 0 aliphatic carbocycles. The smallest absolute Gasteiger partial charge is 0.281 e. The van der Waals surface area contributed by atoms with Crippen LogP contribution < -0.4 is 10.2 Å². The van der Waals surface area contributed by atoms with Gasteiger partial charge in [0, 0.05) is 5.56 Å². The van der Waals surface area contributed by atoms with Crippen molar-refractivity contribution in [3.05, 3.63) is 86.0 Å². The highest BCUT2D eigenvalue weighted by Crippen LogP contribution is 2.26. The molecular weight excluding hydrogens is 426 g/mol. The summed E-state index contributed by atoms with van der Waals surface area (Å²) in [5, 5.41) is 14.9. The van der Waals surface area contributed by atoms with Crippen molar-refractivity contribution in [3.8, 4) is 11.8 Å². The number of hydrazone groups is 1. The molecule has 0 aliphatic heterocycles. The molecular formula is C20H14BrN3O2S. The maximum Gasteiger partial charge on any atom is 0.281 e. The third kappa shape index (κ3) is 5.03. The second-order valence-corrected chi connectivity index (χ2v) is 7.23. The lowest BCUT2D eigenvalue weighted by Gasteiger charge is -2.09. The average molecular weight is 440 g/mol. The number of nitriles is 1. The minimum Gasteiger partial charge on any atom is -0.488 e. The third-order valence-electron chi connectivity index (χ3n) is 3.60. The Hall–Kier alpha value is -2.95. The van der Waals surface area contributed by atoms with Crippen molar-refractivity contribution in [2.75, 3.05) is 0 Å². The van der Waals surface area contributed by atoms with Crippen molar-refractivity contribution in [3.63, 3.8) is 0 Å². The fourth-order valence-electron chi connectivity index (χ4n) is 2.25. The normalized spacial score (nSPS) is 10.5. The number of rotatable bonds is 6. The zero-order valence-electron chi connectivity index (χ0n) is 14.1. The summed E-state index contributed by atoms with van der Waals surface area (Å²) in [7, 11) is 0. The summed E-state index contributed by atoms with van der Waals surface area (Å²) in [6.07, 6.45) is 1.56. The molecule has 27 heavy (non-hydrogen) atoms. The van der Waals surface area contributed by atoms with Crippen LogP contribution in [0.15, 0.2) is 69.6 Å². The molecule has 0 radical (unpaired) electrons. The van der Waals surface area contributed by atoms with E-state index < -0.39 is 0 Å². The quantitative estimate of drug-likeness (QED) is 0.445. The molecule has 5 nitrogen and oxygen atoms in total. The molecule has 0 saturated carbocycles. The molecule has 0 bridgehead atoms. The molecule has 134 valence electrons. The van der Waals surface area contributed by atoms with Gasteiger partial charge < -0.3 is 4.74 Å². The minimum absolute atomic E-state index is 0.239. The molecule has 1 amide bonds. The van der Waals surface area contributed by atoms with Crippen LogP contribution in [0.1, 0.15) is 26.4 Å². The summed E-state index contributed by atoms with van der Waals surface area (Å²) in [6.45, 7) is 0.298. The van der Waals surface area contributed by atoms with E-state index in [1.165, 1.54) is 11.3 Å². The Bertz CT molecular complexity index is 1010. The predicted molar refractivity (Wildman–Crippen MR) is 109 cm³/mol. The molecule has 1 heterocycles. The number of amides is 1. The molecule has 0 unspecified atom stereocenters. The van der Waals surface area contributed by atoms with E-state index >= 15 is 0 Å². The number of nitrogens with zero attached hydrogens (tertiary/aromatic N) is 2. The van der Waals surface area contributed by atoms with E-state index in [9.17, 15) is 4.79 Å². The van der Waals surface area contributed by atoms with Crippen molar-refractivity contribution in [2.45, 2.75) is 6.61 Å². The first-order chi connectivity index (χ1) is 13.2. The summed E-state index contributed by atoms with van der Waals surface area (Å²) < 4.78 is 6.56. The number of benzene rings is 2. The van der Waals surface area contributed by atoms with E-state index in [1.54, 1.807) is 18.3 Å². The predicted octanol–water partition coefficient (Wildman–Crippen LogP) is 4.73. The van der Waals surface area contributed by atoms with Gasteiger partial charge in [0.05, 0.1) is 27.2 Å². The second-order valence-electron chi connectivity index (χ2n) is 5.42. The number of halogens is 1. The van der Waals surface area contributed by atoms with Crippen molar-refractivity contribution in [1.29, 1.82) is 5.26 Å². The standard InChI is InChI=1S/C20H14BrN3O2S/c21-17-10-14(12-23-24-20(25)19-6-3-9-27-19)7-8-18(17)26-13-16-5-2-1-4-15(16)11-22/h1-10,12H,13H2,(H,24,25)/b23-12-. The first kappa shape index (κ1) is 18.8. The van der Waals surface area contributed by atoms with Gasteiger partial charge in [-0.15, -0.1) is 11.3 Å². The SMILES string of the molecule is N#Cc1ccccc1COc1ccc(/C=N\NC(=O)c2cccs2)cc1Br. The molecule has 3 aromatic rings. The zero-order valence-corrected chi connectivity index (χ0v) is 16.5. The molecule has 1 aromatic heterocycles. The van der Waals surface area contributed by atoms with Gasteiger partial charge in [-0.05, 0) is 57.2 Å². The number of hydrogen-bond donors (Lipinski definition) is 1. The van der Waals surface area contributed by atoms with E-state index in [0.717, 1.165) is 15.6 Å². The lowest BCUT2D eigenvalue weighted by atomic mass is 10.1. The summed E-state index contributed by atoms with van der Waals surface area (Å²) in [6, 6.07) is 18.5. The lowest BCUT2D eigenvalue weighted by molar-refractivity contribution is 0.0959. The van der Waals surface area contributed by atoms with Crippen LogP contribution in [0, 0.1) is 11.3 Å². The van der Waals surface area contributed by atoms with Crippen molar-refractivity contribution in [1.82, 2.24) is 5.43 Å². The van der Waals surface area contributed by atoms with Gasteiger partial charge in [0.25, 0.3) is 5.91 Å². The molecule has 1 N–H and O–H groups in total. The maximum absolute atomic E-state index is 11.8. The van der Waals surface area contributed by atoms with Gasteiger partial charge in [-0.2, -0.15) is 10.4 Å². The Morgan fingerprint density at radius 3 is 2.85 bits per heavy atom. The molecule has 0 atom stereocenters. The van der Waals surface area contributed by atoms with Gasteiger partial charge in [0.2, 0.25) is 0 Å². The summed E-state index contributed by atoms with van der Waals surface area (Å²) in [5.74, 6) is 0.416. The molecule has 0 fully saturated rings. The zero-order chi connectivity index (χ0) is 19.1. The third-order valence-corrected chi connectivity index (χ3v) is 5.09. The second kappa shape index (κ2) is 9.12. The molecule has 0 saturated heterocycles. The lowest BCUT2D eigenvalue weighted by Crippen LogP contribution is -2.16. The van der Waals surface area contributed by atoms with Crippen LogP contribution in [0.5, 0.6) is 5.75 Å². The van der Waals surface area contributed by atoms with Gasteiger partial charge in [-0.1, -0.05) is 24.3 Å². The maximum atomic E-state index is 11.8. The molecule has 7 heteroatoms. The van der Waals surface area contributed by atoms with E-state index in [-0.39, 0.29) is 5.91 Å². The van der Waals surface area contributed by atoms with Crippen LogP contribution in [-0.4, -0.2) is 12.1 Å². The number of carbonyl (C=O) groups is 1. The van der Waals surface area contributed by atoms with Crippen molar-refractivity contribution in [2.24, 2.45) is 5.10 Å². The summed E-state index contributed by atoms with van der Waals surface area (Å²) in [5.41, 5.74) is 4.72. The van der Waals surface area contributed by atoms with Crippen LogP contribution >= 0.6 is 27.3 Å². The van der Waals surface area contributed by atoms with Gasteiger partial charge in [0.15, 0.2) is 0 Å². The van der Waals surface area contributed by atoms with Crippen molar-refractivity contribution >= 4 is 39.4 Å². The monoisotopic (exact) mass is 439 g/mol. The Labute approximate surface area is 169 Å². The van der Waals surface area contributed by atoms with Crippen LogP contribution in [-0.2, 0) is 6.61 Å². The highest BCUT2D eigenvalue weighted by Gasteiger charge is 2.06. The summed E-state index contributed by atoms with van der Waals surface area (Å²) >= 11 is 4.83. The molecule has 3 rings (SSSR count). The van der Waals surface area contributed by atoms with Crippen LogP contribution in [0.3, 0.4) is 0 Å². The Morgan fingerprint density at radius 2 is 2.11 bits per heavy atom. The highest BCUT2D eigenvalue weighted by molar-refractivity contribution is 9.10. The fourth-order valence-corrected chi connectivity index (χ4v) is 3.38. The van der Waals surface area contributed by atoms with E-state index in [4.69, 9.17) is 10.00 Å². The minimum atomic E-state index is -0.239. The molecule has 2 aromatic carbocycles. The first-order valence-electron chi connectivity index (χ1n) is 7.94. The van der Waals surface area contributed by atoms with E-state index in [1.807, 2.05) is 47.8 Å². The number of carbonyl (C=O) groups excluding carboxylic acids is 1. The van der Waals surface area contributed by atoms with Gasteiger partial charge >= 0.3 is 0 Å². The largest absolute Gasteiger partial charge is 0.488 e. The average Bonchev–Trinajstić information content (AvgIpc) is 3.22. The Morgan fingerprint density at radius 1 is 1.26 bits per heavy atom. The topological polar surface area (TPSA) is 74.5 Å². The number of nitrogens with one attached hydrogen (secondary N) is 1. The van der Waals surface area contributed by atoms with Crippen LogP contribution in [0.4, 0.5) is 0 Å². The summed E-state index contributed by atoms with van der Waals surface area (Å²) in [4.78, 5) is 12.4. The van der Waals surface area contributed by atoms with Gasteiger partial charge in [-0.3, -0.25) is 4.79 Å². The highest BCUT2D eigenvalue weighted by atomic mass is 79.9. The first-order valence-corrected chi connectivity index (χ1v) is 9.62. The van der Waals surface area contributed by atoms with E-state index in [2.05, 4.69) is 32.5 Å². The van der Waals surface area contributed by atoms with Crippen molar-refractivity contribution < 1.29 is 9.53 Å². The number of thiophene rings is 1. The Balaban J connectivity index is 1.61.